The van der Waals surface area contributed by atoms with E-state index in [1.54, 1.807) is 0 Å². The maximum Gasteiger partial charge on any atom is 0.0473 e. The molecule has 1 aromatic rings. The van der Waals surface area contributed by atoms with Crippen LogP contribution in [0.25, 0.3) is 0 Å². The van der Waals surface area contributed by atoms with Crippen LogP contribution in [-0.2, 0) is 6.54 Å². The monoisotopic (exact) mass is 341 g/mol. The average Bonchev–Trinajstić information content (AvgIpc) is 2.99. The summed E-state index contributed by atoms with van der Waals surface area (Å²) in [4.78, 5) is 5.47. The molecule has 2 aliphatic heterocycles. The summed E-state index contributed by atoms with van der Waals surface area (Å²) in [6.45, 7) is 7.96. The van der Waals surface area contributed by atoms with Gasteiger partial charge < -0.3 is 5.73 Å². The Bertz CT molecular complexity index is 560. The van der Waals surface area contributed by atoms with Crippen molar-refractivity contribution in [2.24, 2.45) is 17.6 Å². The Morgan fingerprint density at radius 1 is 1.08 bits per heavy atom. The molecule has 0 aromatic heterocycles. The molecule has 1 saturated carbocycles. The molecule has 4 rings (SSSR count). The topological polar surface area (TPSA) is 32.5 Å². The van der Waals surface area contributed by atoms with E-state index in [0.717, 1.165) is 31.5 Å². The molecule has 2 saturated heterocycles. The Balaban J connectivity index is 1.46. The first kappa shape index (κ1) is 17.5. The number of likely N-dealkylation sites (tertiary alicyclic amines) is 2. The molecule has 25 heavy (non-hydrogen) atoms. The van der Waals surface area contributed by atoms with Crippen molar-refractivity contribution in [2.45, 2.75) is 63.6 Å². The number of hydrogen-bond acceptors (Lipinski definition) is 3. The predicted octanol–water partition coefficient (Wildman–Crippen LogP) is 3.49. The van der Waals surface area contributed by atoms with Gasteiger partial charge in [-0.05, 0) is 50.1 Å². The van der Waals surface area contributed by atoms with Crippen LogP contribution >= 0.6 is 0 Å². The van der Waals surface area contributed by atoms with E-state index in [2.05, 4.69) is 47.1 Å². The Labute approximate surface area is 153 Å². The van der Waals surface area contributed by atoms with Crippen LogP contribution in [0.1, 0.15) is 51.0 Å². The molecular formula is C22H35N3. The second-order valence-electron chi connectivity index (χ2n) is 8.91. The lowest BCUT2D eigenvalue weighted by Crippen LogP contribution is -2.59. The molecule has 0 amide bonds. The van der Waals surface area contributed by atoms with Crippen molar-refractivity contribution in [3.8, 4) is 0 Å². The second-order valence-corrected chi connectivity index (χ2v) is 8.91. The smallest absolute Gasteiger partial charge is 0.0473 e. The van der Waals surface area contributed by atoms with Gasteiger partial charge in [0.1, 0.15) is 0 Å². The zero-order valence-electron chi connectivity index (χ0n) is 15.9. The van der Waals surface area contributed by atoms with Gasteiger partial charge in [-0.2, -0.15) is 0 Å². The summed E-state index contributed by atoms with van der Waals surface area (Å²) in [6, 6.07) is 11.5. The van der Waals surface area contributed by atoms with E-state index in [1.807, 2.05) is 0 Å². The van der Waals surface area contributed by atoms with E-state index < -0.39 is 0 Å². The number of hydrogen-bond donors (Lipinski definition) is 1. The minimum Gasteiger partial charge on any atom is -0.329 e. The molecule has 1 aromatic carbocycles. The average molecular weight is 342 g/mol. The van der Waals surface area contributed by atoms with Gasteiger partial charge >= 0.3 is 0 Å². The summed E-state index contributed by atoms with van der Waals surface area (Å²) in [6.07, 6.45) is 8.47. The van der Waals surface area contributed by atoms with Gasteiger partial charge in [0.05, 0.1) is 0 Å². The first-order valence-corrected chi connectivity index (χ1v) is 10.4. The fourth-order valence-electron chi connectivity index (χ4n) is 5.84. The lowest BCUT2D eigenvalue weighted by molar-refractivity contribution is 0.0110. The largest absolute Gasteiger partial charge is 0.329 e. The highest BCUT2D eigenvalue weighted by Crippen LogP contribution is 2.41. The van der Waals surface area contributed by atoms with Gasteiger partial charge in [-0.25, -0.2) is 0 Å². The third-order valence-electron chi connectivity index (χ3n) is 7.37. The molecule has 3 aliphatic rings. The SMILES string of the molecule is CC1CC(CN)(N2CCC3CCCCC3C2)CN1Cc1ccccc1. The summed E-state index contributed by atoms with van der Waals surface area (Å²) in [7, 11) is 0. The third-order valence-corrected chi connectivity index (χ3v) is 7.37. The zero-order valence-corrected chi connectivity index (χ0v) is 15.9. The third kappa shape index (κ3) is 3.51. The van der Waals surface area contributed by atoms with Gasteiger partial charge in [0.15, 0.2) is 0 Å². The highest BCUT2D eigenvalue weighted by Gasteiger charge is 2.47. The highest BCUT2D eigenvalue weighted by molar-refractivity contribution is 5.16. The van der Waals surface area contributed by atoms with Gasteiger partial charge in [0, 0.05) is 37.8 Å². The number of rotatable bonds is 4. The summed E-state index contributed by atoms with van der Waals surface area (Å²) < 4.78 is 0. The molecule has 0 bridgehead atoms. The van der Waals surface area contributed by atoms with E-state index >= 15 is 0 Å². The summed E-state index contributed by atoms with van der Waals surface area (Å²) in [5.41, 5.74) is 8.05. The fourth-order valence-corrected chi connectivity index (χ4v) is 5.84. The summed E-state index contributed by atoms with van der Waals surface area (Å²) in [5.74, 6) is 1.93. The maximum absolute atomic E-state index is 6.42. The normalized spacial score (nSPS) is 37.1. The number of fused-ring (bicyclic) bond motifs is 1. The zero-order chi connectivity index (χ0) is 17.3. The molecule has 3 nitrogen and oxygen atoms in total. The van der Waals surface area contributed by atoms with E-state index in [9.17, 15) is 0 Å². The van der Waals surface area contributed by atoms with E-state index in [-0.39, 0.29) is 5.54 Å². The molecule has 3 heteroatoms. The Morgan fingerprint density at radius 2 is 1.84 bits per heavy atom. The van der Waals surface area contributed by atoms with E-state index in [4.69, 9.17) is 5.73 Å². The van der Waals surface area contributed by atoms with Crippen LogP contribution in [0.3, 0.4) is 0 Å². The van der Waals surface area contributed by atoms with Crippen LogP contribution in [0.2, 0.25) is 0 Å². The van der Waals surface area contributed by atoms with Crippen molar-refractivity contribution >= 4 is 0 Å². The molecule has 138 valence electrons. The van der Waals surface area contributed by atoms with Crippen LogP contribution in [-0.4, -0.2) is 47.6 Å². The molecule has 0 spiro atoms. The van der Waals surface area contributed by atoms with Crippen molar-refractivity contribution in [1.29, 1.82) is 0 Å². The lowest BCUT2D eigenvalue weighted by atomic mass is 9.74. The number of piperidine rings is 1. The van der Waals surface area contributed by atoms with Crippen molar-refractivity contribution in [1.82, 2.24) is 9.80 Å². The van der Waals surface area contributed by atoms with E-state index in [1.165, 1.54) is 57.2 Å². The lowest BCUT2D eigenvalue weighted by Gasteiger charge is -2.49. The van der Waals surface area contributed by atoms with Gasteiger partial charge in [0.25, 0.3) is 0 Å². The fraction of sp³-hybridized carbons (Fsp3) is 0.727. The molecular weight excluding hydrogens is 306 g/mol. The minimum atomic E-state index is 0.205. The van der Waals surface area contributed by atoms with Crippen LogP contribution in [0.4, 0.5) is 0 Å². The molecule has 4 unspecified atom stereocenters. The van der Waals surface area contributed by atoms with Crippen LogP contribution in [0.15, 0.2) is 30.3 Å². The Morgan fingerprint density at radius 3 is 2.60 bits per heavy atom. The van der Waals surface area contributed by atoms with Crippen molar-refractivity contribution in [2.75, 3.05) is 26.2 Å². The number of nitrogens with two attached hydrogens (primary N) is 1. The van der Waals surface area contributed by atoms with Crippen LogP contribution < -0.4 is 5.73 Å². The molecule has 4 atom stereocenters. The quantitative estimate of drug-likeness (QED) is 0.910. The van der Waals surface area contributed by atoms with Crippen molar-refractivity contribution < 1.29 is 0 Å². The Hall–Kier alpha value is -0.900. The van der Waals surface area contributed by atoms with Crippen molar-refractivity contribution in [3.63, 3.8) is 0 Å². The summed E-state index contributed by atoms with van der Waals surface area (Å²) in [5, 5.41) is 0. The van der Waals surface area contributed by atoms with Crippen molar-refractivity contribution in [3.05, 3.63) is 35.9 Å². The Kier molecular flexibility index (Phi) is 5.17. The second kappa shape index (κ2) is 7.38. The molecule has 2 N–H and O–H groups in total. The predicted molar refractivity (Wildman–Crippen MR) is 104 cm³/mol. The standard InChI is InChI=1S/C22H35N3/c1-18-13-22(16-23,17-24(18)14-19-7-3-2-4-8-19)25-12-11-20-9-5-6-10-21(20)15-25/h2-4,7-8,18,20-21H,5-6,9-17,23H2,1H3. The number of benzene rings is 1. The molecule has 3 fully saturated rings. The summed E-state index contributed by atoms with van der Waals surface area (Å²) >= 11 is 0. The molecule has 2 heterocycles. The molecule has 1 aliphatic carbocycles. The van der Waals surface area contributed by atoms with E-state index in [0.29, 0.717) is 6.04 Å². The maximum atomic E-state index is 6.42. The minimum absolute atomic E-state index is 0.205. The number of nitrogens with zero attached hydrogens (tertiary/aromatic N) is 2. The van der Waals surface area contributed by atoms with Gasteiger partial charge in [0.2, 0.25) is 0 Å². The van der Waals surface area contributed by atoms with Crippen LogP contribution in [0, 0.1) is 11.8 Å². The first-order chi connectivity index (χ1) is 12.2. The van der Waals surface area contributed by atoms with Gasteiger partial charge in [-0.15, -0.1) is 0 Å². The highest BCUT2D eigenvalue weighted by atomic mass is 15.3. The van der Waals surface area contributed by atoms with Gasteiger partial charge in [-0.1, -0.05) is 49.6 Å². The van der Waals surface area contributed by atoms with Crippen LogP contribution in [0.5, 0.6) is 0 Å². The molecule has 0 radical (unpaired) electrons. The van der Waals surface area contributed by atoms with Gasteiger partial charge in [-0.3, -0.25) is 9.80 Å². The first-order valence-electron chi connectivity index (χ1n) is 10.4.